The molecule has 0 aromatic heterocycles. The van der Waals surface area contributed by atoms with Crippen LogP contribution in [0.25, 0.3) is 0 Å². The molecule has 0 bridgehead atoms. The van der Waals surface area contributed by atoms with Gasteiger partial charge in [0, 0.05) is 18.4 Å². The molecule has 0 saturated heterocycles. The Morgan fingerprint density at radius 3 is 0.741 bits per heavy atom. The minimum Gasteiger partial charge on any atom is -0.550 e. The van der Waals surface area contributed by atoms with Crippen LogP contribution in [0.2, 0.25) is 0 Å². The van der Waals surface area contributed by atoms with Crippen LogP contribution in [0.3, 0.4) is 0 Å². The fourth-order valence-corrected chi connectivity index (χ4v) is 8.56. The number of carboxylic acid groups (broad SMARTS) is 1. The molecule has 0 aromatic carbocycles. The second kappa shape index (κ2) is 50.2. The maximum absolute atomic E-state index is 11.6. The first-order valence-corrected chi connectivity index (χ1v) is 25.1. The summed E-state index contributed by atoms with van der Waals surface area (Å²) in [6.45, 7) is 8.92. The van der Waals surface area contributed by atoms with Crippen molar-refractivity contribution in [3.63, 3.8) is 0 Å². The van der Waals surface area contributed by atoms with Crippen LogP contribution in [-0.4, -0.2) is 30.0 Å². The third-order valence-electron chi connectivity index (χ3n) is 12.1. The van der Waals surface area contributed by atoms with Gasteiger partial charge in [0.1, 0.15) is 0 Å². The zero-order valence-corrected chi connectivity index (χ0v) is 41.3. The summed E-state index contributed by atoms with van der Waals surface area (Å²) in [6, 6.07) is 0.158. The monoisotopic (exact) mass is 786 g/mol. The fourth-order valence-electron chi connectivity index (χ4n) is 8.56. The number of hydrogen-bond donors (Lipinski definition) is 0. The number of nitrogens with zero attached hydrogens (tertiary/aromatic N) is 1. The molecule has 0 aliphatic heterocycles. The molecule has 0 aliphatic carbocycles. The van der Waals surface area contributed by atoms with E-state index in [0.29, 0.717) is 0 Å². The first-order chi connectivity index (χ1) is 26.2. The van der Waals surface area contributed by atoms with E-state index in [-0.39, 0.29) is 63.8 Å². The van der Waals surface area contributed by atoms with Crippen molar-refractivity contribution in [2.45, 2.75) is 303 Å². The fraction of sp³-hybridized carbons (Fsp3) is 0.980. The zero-order valence-electron chi connectivity index (χ0n) is 38.2. The molecular weight excluding hydrogens is 686 g/mol. The smallest absolute Gasteiger partial charge is 0.550 e. The van der Waals surface area contributed by atoms with Gasteiger partial charge in [-0.25, -0.2) is 0 Å². The topological polar surface area (TPSA) is 43.4 Å². The molecular formula is C50H100KNO2. The van der Waals surface area contributed by atoms with Gasteiger partial charge in [0.25, 0.3) is 0 Å². The summed E-state index contributed by atoms with van der Waals surface area (Å²) in [5.74, 6) is -0.875. The molecule has 0 saturated carbocycles. The van der Waals surface area contributed by atoms with Gasteiger partial charge in [-0.1, -0.05) is 271 Å². The van der Waals surface area contributed by atoms with Gasteiger partial charge in [-0.15, -0.1) is 0 Å². The standard InChI is InChI=1S/C50H101NO2.K/c1-4-7-9-11-13-15-17-19-21-23-25-27-29-31-33-35-37-39-41-43-46-51(49(45-6-3)48-50(52)53)47-44-42-40-38-36-34-32-30-28-26-24-22-20-18-16-14-12-10-8-5-2;/h49H,4-48H2,1-3H3,(H,52,53);/q;+1/p-1. The molecule has 0 heterocycles. The maximum Gasteiger partial charge on any atom is 1.00 e. The Hall–Kier alpha value is 1.07. The average Bonchev–Trinajstić information content (AvgIpc) is 3.15. The van der Waals surface area contributed by atoms with Crippen LogP contribution in [0, 0.1) is 0 Å². The Labute approximate surface area is 384 Å². The van der Waals surface area contributed by atoms with E-state index in [1.54, 1.807) is 0 Å². The van der Waals surface area contributed by atoms with Crippen LogP contribution < -0.4 is 56.5 Å². The third kappa shape index (κ3) is 45.8. The number of rotatable bonds is 47. The molecule has 1 atom stereocenters. The number of carbonyl (C=O) groups excluding carboxylic acids is 1. The van der Waals surface area contributed by atoms with E-state index in [2.05, 4.69) is 25.7 Å². The van der Waals surface area contributed by atoms with E-state index < -0.39 is 5.97 Å². The molecule has 0 radical (unpaired) electrons. The number of unbranched alkanes of at least 4 members (excludes halogenated alkanes) is 38. The van der Waals surface area contributed by atoms with E-state index in [4.69, 9.17) is 0 Å². The number of carboxylic acids is 1. The molecule has 318 valence electrons. The normalized spacial score (nSPS) is 12.1. The van der Waals surface area contributed by atoms with Gasteiger partial charge in [0.2, 0.25) is 0 Å². The van der Waals surface area contributed by atoms with Gasteiger partial charge in [-0.3, -0.25) is 0 Å². The molecule has 0 fully saturated rings. The quantitative estimate of drug-likeness (QED) is 0.0456. The molecule has 0 aromatic rings. The second-order valence-corrected chi connectivity index (χ2v) is 17.5. The summed E-state index contributed by atoms with van der Waals surface area (Å²) >= 11 is 0. The Morgan fingerprint density at radius 1 is 0.352 bits per heavy atom. The van der Waals surface area contributed by atoms with Crippen molar-refractivity contribution in [2.24, 2.45) is 0 Å². The first-order valence-electron chi connectivity index (χ1n) is 25.1. The molecule has 0 rings (SSSR count). The van der Waals surface area contributed by atoms with Gasteiger partial charge in [0.05, 0.1) is 0 Å². The minimum atomic E-state index is -0.875. The van der Waals surface area contributed by atoms with Crippen LogP contribution in [0.1, 0.15) is 297 Å². The molecule has 0 aliphatic rings. The van der Waals surface area contributed by atoms with Gasteiger partial charge >= 0.3 is 51.4 Å². The Balaban J connectivity index is 0. The van der Waals surface area contributed by atoms with Crippen molar-refractivity contribution >= 4 is 5.97 Å². The Kier molecular flexibility index (Phi) is 53.1. The van der Waals surface area contributed by atoms with Crippen LogP contribution in [-0.2, 0) is 4.79 Å². The summed E-state index contributed by atoms with van der Waals surface area (Å²) in [5.41, 5.74) is 0. The van der Waals surface area contributed by atoms with Gasteiger partial charge in [0.15, 0.2) is 0 Å². The summed E-state index contributed by atoms with van der Waals surface area (Å²) in [4.78, 5) is 14.1. The van der Waals surface area contributed by atoms with Crippen LogP contribution in [0.5, 0.6) is 0 Å². The predicted octanol–water partition coefficient (Wildman–Crippen LogP) is 13.2. The molecule has 4 heteroatoms. The van der Waals surface area contributed by atoms with Crippen molar-refractivity contribution in [3.8, 4) is 0 Å². The summed E-state index contributed by atoms with van der Waals surface area (Å²) in [7, 11) is 0. The third-order valence-corrected chi connectivity index (χ3v) is 12.1. The zero-order chi connectivity index (χ0) is 38.6. The first kappa shape index (κ1) is 57.2. The van der Waals surface area contributed by atoms with Gasteiger partial charge in [-0.2, -0.15) is 0 Å². The number of carbonyl (C=O) groups is 1. The van der Waals surface area contributed by atoms with Crippen LogP contribution in [0.15, 0.2) is 0 Å². The summed E-state index contributed by atoms with van der Waals surface area (Å²) in [5, 5.41) is 11.6. The van der Waals surface area contributed by atoms with Crippen molar-refractivity contribution in [3.05, 3.63) is 0 Å². The SMILES string of the molecule is CCCCCCCCCCCCCCCCCCCCCCN(CCCCCCCCCCCCCCCCCCCCCC)C(CCC)CC(=O)[O-].[K+]. The maximum atomic E-state index is 11.6. The largest absolute Gasteiger partial charge is 1.00 e. The van der Waals surface area contributed by atoms with Gasteiger partial charge in [-0.05, 0) is 32.4 Å². The molecule has 0 spiro atoms. The van der Waals surface area contributed by atoms with E-state index in [0.717, 1.165) is 25.9 Å². The Bertz CT molecular complexity index is 644. The molecule has 0 N–H and O–H groups in total. The molecule has 0 amide bonds. The second-order valence-electron chi connectivity index (χ2n) is 17.5. The minimum absolute atomic E-state index is 0. The van der Waals surface area contributed by atoms with Gasteiger partial charge < -0.3 is 14.8 Å². The van der Waals surface area contributed by atoms with E-state index in [1.807, 2.05) is 0 Å². The van der Waals surface area contributed by atoms with Crippen molar-refractivity contribution in [2.75, 3.05) is 13.1 Å². The summed E-state index contributed by atoms with van der Waals surface area (Å²) < 4.78 is 0. The van der Waals surface area contributed by atoms with E-state index >= 15 is 0 Å². The molecule has 1 unspecified atom stereocenters. The molecule has 3 nitrogen and oxygen atoms in total. The Morgan fingerprint density at radius 2 is 0.556 bits per heavy atom. The van der Waals surface area contributed by atoms with Crippen molar-refractivity contribution in [1.29, 1.82) is 0 Å². The van der Waals surface area contributed by atoms with Crippen molar-refractivity contribution < 1.29 is 61.3 Å². The predicted molar refractivity (Wildman–Crippen MR) is 236 cm³/mol. The molecule has 54 heavy (non-hydrogen) atoms. The summed E-state index contributed by atoms with van der Waals surface area (Å²) in [6.07, 6.45) is 58.6. The van der Waals surface area contributed by atoms with Crippen LogP contribution in [0.4, 0.5) is 0 Å². The number of hydrogen-bond acceptors (Lipinski definition) is 3. The average molecular weight is 786 g/mol. The number of aliphatic carboxylic acids is 1. The van der Waals surface area contributed by atoms with E-state index in [1.165, 1.54) is 257 Å². The van der Waals surface area contributed by atoms with E-state index in [9.17, 15) is 9.90 Å². The van der Waals surface area contributed by atoms with Crippen molar-refractivity contribution in [1.82, 2.24) is 4.90 Å². The van der Waals surface area contributed by atoms with Crippen LogP contribution >= 0.6 is 0 Å².